The summed E-state index contributed by atoms with van der Waals surface area (Å²) in [6.07, 6.45) is 1.20. The van der Waals surface area contributed by atoms with Crippen LogP contribution in [-0.2, 0) is 13.1 Å². The highest BCUT2D eigenvalue weighted by molar-refractivity contribution is 5.06. The first-order valence-corrected chi connectivity index (χ1v) is 6.75. The van der Waals surface area contributed by atoms with Gasteiger partial charge in [0.2, 0.25) is 0 Å². The second-order valence-electron chi connectivity index (χ2n) is 4.92. The van der Waals surface area contributed by atoms with Crippen LogP contribution in [-0.4, -0.2) is 50.6 Å². The van der Waals surface area contributed by atoms with Gasteiger partial charge in [0.25, 0.3) is 0 Å². The molecule has 4 nitrogen and oxygen atoms in total. The molecule has 0 bridgehead atoms. The van der Waals surface area contributed by atoms with Gasteiger partial charge in [-0.2, -0.15) is 0 Å². The van der Waals surface area contributed by atoms with Gasteiger partial charge in [-0.3, -0.25) is 4.90 Å². The first-order chi connectivity index (χ1) is 8.65. The number of nitrogens with zero attached hydrogens (tertiary/aromatic N) is 2. The van der Waals surface area contributed by atoms with Gasteiger partial charge in [0.15, 0.2) is 0 Å². The fraction of sp³-hybridized carbons (Fsp3) is 0.714. The van der Waals surface area contributed by atoms with Crippen molar-refractivity contribution in [1.82, 2.24) is 15.1 Å². The summed E-state index contributed by atoms with van der Waals surface area (Å²) in [4.78, 5) is 4.65. The lowest BCUT2D eigenvalue weighted by Gasteiger charge is -2.20. The Balaban J connectivity index is 2.36. The predicted octanol–water partition coefficient (Wildman–Crippen LogP) is 1.77. The molecule has 0 spiro atoms. The zero-order chi connectivity index (χ0) is 13.4. The third kappa shape index (κ3) is 5.67. The van der Waals surface area contributed by atoms with Gasteiger partial charge in [-0.05, 0) is 59.3 Å². The first-order valence-electron chi connectivity index (χ1n) is 6.75. The van der Waals surface area contributed by atoms with Crippen molar-refractivity contribution in [2.24, 2.45) is 0 Å². The first kappa shape index (κ1) is 15.2. The number of hydrogen-bond donors (Lipinski definition) is 1. The summed E-state index contributed by atoms with van der Waals surface area (Å²) in [6, 6.07) is 4.14. The van der Waals surface area contributed by atoms with E-state index in [0.717, 1.165) is 44.2 Å². The largest absolute Gasteiger partial charge is 0.463 e. The smallest absolute Gasteiger partial charge is 0.118 e. The summed E-state index contributed by atoms with van der Waals surface area (Å²) in [5, 5.41) is 3.10. The molecule has 1 N–H and O–H groups in total. The van der Waals surface area contributed by atoms with Crippen molar-refractivity contribution in [1.29, 1.82) is 0 Å². The van der Waals surface area contributed by atoms with Crippen LogP contribution in [0.5, 0.6) is 0 Å². The maximum Gasteiger partial charge on any atom is 0.118 e. The minimum Gasteiger partial charge on any atom is -0.463 e. The maximum atomic E-state index is 5.77. The van der Waals surface area contributed by atoms with Crippen LogP contribution in [0.15, 0.2) is 16.5 Å². The zero-order valence-corrected chi connectivity index (χ0v) is 12.2. The molecule has 0 saturated heterocycles. The van der Waals surface area contributed by atoms with E-state index >= 15 is 0 Å². The van der Waals surface area contributed by atoms with Gasteiger partial charge >= 0.3 is 0 Å². The fourth-order valence-corrected chi connectivity index (χ4v) is 1.96. The van der Waals surface area contributed by atoms with Crippen molar-refractivity contribution >= 4 is 0 Å². The molecule has 0 aliphatic heterocycles. The second-order valence-corrected chi connectivity index (χ2v) is 4.92. The summed E-state index contributed by atoms with van der Waals surface area (Å²) in [6.45, 7) is 7.24. The second kappa shape index (κ2) is 8.29. The summed E-state index contributed by atoms with van der Waals surface area (Å²) in [5.74, 6) is 2.07. The summed E-state index contributed by atoms with van der Waals surface area (Å²) in [7, 11) is 6.17. The topological polar surface area (TPSA) is 31.6 Å². The molecular formula is C14H27N3O. The van der Waals surface area contributed by atoms with Crippen molar-refractivity contribution in [2.75, 3.05) is 40.8 Å². The Morgan fingerprint density at radius 1 is 1.17 bits per heavy atom. The molecule has 104 valence electrons. The normalized spacial score (nSPS) is 11.7. The van der Waals surface area contributed by atoms with Gasteiger partial charge in [0, 0.05) is 0 Å². The highest BCUT2D eigenvalue weighted by atomic mass is 16.3. The monoisotopic (exact) mass is 253 g/mol. The van der Waals surface area contributed by atoms with E-state index in [1.54, 1.807) is 0 Å². The third-order valence-electron chi connectivity index (χ3n) is 2.97. The molecule has 1 rings (SSSR count). The average molecular weight is 253 g/mol. The number of rotatable bonds is 9. The molecule has 0 fully saturated rings. The molecule has 0 atom stereocenters. The SMILES string of the molecule is CCN(CCCN(C)C)Cc1ccc(CNC)o1. The number of nitrogens with one attached hydrogen (secondary N) is 1. The molecule has 0 aliphatic rings. The number of furan rings is 1. The molecule has 4 heteroatoms. The molecule has 0 amide bonds. The van der Waals surface area contributed by atoms with Crippen LogP contribution in [0.1, 0.15) is 24.9 Å². The van der Waals surface area contributed by atoms with Crippen molar-refractivity contribution in [3.63, 3.8) is 0 Å². The Hall–Kier alpha value is -0.840. The molecule has 0 unspecified atom stereocenters. The van der Waals surface area contributed by atoms with Gasteiger partial charge in [-0.1, -0.05) is 6.92 Å². The van der Waals surface area contributed by atoms with Crippen LogP contribution in [0.2, 0.25) is 0 Å². The summed E-state index contributed by atoms with van der Waals surface area (Å²) >= 11 is 0. The number of hydrogen-bond acceptors (Lipinski definition) is 4. The van der Waals surface area contributed by atoms with Crippen LogP contribution >= 0.6 is 0 Å². The maximum absolute atomic E-state index is 5.77. The summed E-state index contributed by atoms with van der Waals surface area (Å²) in [5.41, 5.74) is 0. The van der Waals surface area contributed by atoms with E-state index in [4.69, 9.17) is 4.42 Å². The van der Waals surface area contributed by atoms with Crippen LogP contribution in [0, 0.1) is 0 Å². The van der Waals surface area contributed by atoms with Crippen LogP contribution in [0.3, 0.4) is 0 Å². The van der Waals surface area contributed by atoms with Crippen molar-refractivity contribution in [3.05, 3.63) is 23.7 Å². The lowest BCUT2D eigenvalue weighted by molar-refractivity contribution is 0.238. The Bertz CT molecular complexity index is 323. The lowest BCUT2D eigenvalue weighted by Crippen LogP contribution is -2.26. The van der Waals surface area contributed by atoms with Gasteiger partial charge < -0.3 is 14.6 Å². The standard InChI is InChI=1S/C14H27N3O/c1-5-17(10-6-9-16(3)4)12-14-8-7-13(18-14)11-15-2/h7-8,15H,5-6,9-12H2,1-4H3. The van der Waals surface area contributed by atoms with Gasteiger partial charge in [-0.15, -0.1) is 0 Å². The molecule has 0 aliphatic carbocycles. The molecule has 0 aromatic carbocycles. The molecular weight excluding hydrogens is 226 g/mol. The molecule has 1 aromatic rings. The van der Waals surface area contributed by atoms with Gasteiger partial charge in [-0.25, -0.2) is 0 Å². The summed E-state index contributed by atoms with van der Waals surface area (Å²) < 4.78 is 5.77. The Kier molecular flexibility index (Phi) is 7.01. The highest BCUT2D eigenvalue weighted by Crippen LogP contribution is 2.10. The Labute approximate surface area is 111 Å². The van der Waals surface area contributed by atoms with E-state index < -0.39 is 0 Å². The third-order valence-corrected chi connectivity index (χ3v) is 2.97. The Morgan fingerprint density at radius 3 is 2.50 bits per heavy atom. The van der Waals surface area contributed by atoms with Gasteiger partial charge in [0.1, 0.15) is 11.5 Å². The van der Waals surface area contributed by atoms with Crippen molar-refractivity contribution < 1.29 is 4.42 Å². The average Bonchev–Trinajstić information content (AvgIpc) is 2.75. The predicted molar refractivity (Wildman–Crippen MR) is 75.6 cm³/mol. The molecule has 1 heterocycles. The van der Waals surface area contributed by atoms with Crippen LogP contribution < -0.4 is 5.32 Å². The van der Waals surface area contributed by atoms with E-state index in [1.165, 1.54) is 6.42 Å². The van der Waals surface area contributed by atoms with E-state index in [1.807, 2.05) is 7.05 Å². The van der Waals surface area contributed by atoms with E-state index in [-0.39, 0.29) is 0 Å². The highest BCUT2D eigenvalue weighted by Gasteiger charge is 2.07. The lowest BCUT2D eigenvalue weighted by atomic mass is 10.3. The van der Waals surface area contributed by atoms with Crippen LogP contribution in [0.4, 0.5) is 0 Å². The quantitative estimate of drug-likeness (QED) is 0.727. The Morgan fingerprint density at radius 2 is 1.89 bits per heavy atom. The van der Waals surface area contributed by atoms with E-state index in [0.29, 0.717) is 0 Å². The minimum atomic E-state index is 0.798. The van der Waals surface area contributed by atoms with E-state index in [2.05, 4.69) is 48.3 Å². The zero-order valence-electron chi connectivity index (χ0n) is 12.2. The molecule has 18 heavy (non-hydrogen) atoms. The van der Waals surface area contributed by atoms with Gasteiger partial charge in [0.05, 0.1) is 13.1 Å². The van der Waals surface area contributed by atoms with E-state index in [9.17, 15) is 0 Å². The van der Waals surface area contributed by atoms with Crippen LogP contribution in [0.25, 0.3) is 0 Å². The van der Waals surface area contributed by atoms with Crippen molar-refractivity contribution in [2.45, 2.75) is 26.4 Å². The minimum absolute atomic E-state index is 0.798. The fourth-order valence-electron chi connectivity index (χ4n) is 1.96. The molecule has 0 saturated carbocycles. The molecule has 1 aromatic heterocycles. The van der Waals surface area contributed by atoms with Crippen molar-refractivity contribution in [3.8, 4) is 0 Å². The molecule has 0 radical (unpaired) electrons.